The second-order valence-electron chi connectivity index (χ2n) is 2.98. The van der Waals surface area contributed by atoms with Gasteiger partial charge in [-0.15, -0.1) is 0 Å². The highest BCUT2D eigenvalue weighted by molar-refractivity contribution is 5.74. The van der Waals surface area contributed by atoms with Crippen molar-refractivity contribution in [3.8, 4) is 0 Å². The lowest BCUT2D eigenvalue weighted by Gasteiger charge is -2.31. The summed E-state index contributed by atoms with van der Waals surface area (Å²) < 4.78 is 0. The monoisotopic (exact) mass is 156 g/mol. The molecule has 0 atom stereocenters. The van der Waals surface area contributed by atoms with E-state index in [0.29, 0.717) is 6.04 Å². The molecular formula is C7H16N4. The highest BCUT2D eigenvalue weighted by atomic mass is 15.2. The van der Waals surface area contributed by atoms with Crippen LogP contribution < -0.4 is 11.1 Å². The van der Waals surface area contributed by atoms with Gasteiger partial charge in [0.15, 0.2) is 5.96 Å². The molecule has 1 rings (SSSR count). The molecule has 0 radical (unpaired) electrons. The number of hydrogen-bond donors (Lipinski definition) is 3. The Morgan fingerprint density at radius 2 is 2.09 bits per heavy atom. The molecule has 0 aromatic carbocycles. The SMILES string of the molecule is CN(C(=N)N)C1CCNCC1. The van der Waals surface area contributed by atoms with E-state index in [-0.39, 0.29) is 5.96 Å². The summed E-state index contributed by atoms with van der Waals surface area (Å²) in [5.41, 5.74) is 5.36. The number of piperidine rings is 1. The summed E-state index contributed by atoms with van der Waals surface area (Å²) in [6.45, 7) is 2.09. The summed E-state index contributed by atoms with van der Waals surface area (Å²) in [4.78, 5) is 1.85. The molecule has 1 saturated heterocycles. The first-order valence-corrected chi connectivity index (χ1v) is 3.99. The van der Waals surface area contributed by atoms with E-state index in [4.69, 9.17) is 11.1 Å². The van der Waals surface area contributed by atoms with Crippen LogP contribution in [-0.4, -0.2) is 37.0 Å². The molecule has 0 aromatic rings. The van der Waals surface area contributed by atoms with E-state index in [0.717, 1.165) is 25.9 Å². The predicted octanol–water partition coefficient (Wildman–Crippen LogP) is -0.436. The van der Waals surface area contributed by atoms with E-state index in [9.17, 15) is 0 Å². The molecule has 1 aliphatic rings. The average Bonchev–Trinajstić information content (AvgIpc) is 2.05. The standard InChI is InChI=1S/C7H16N4/c1-11(7(8)9)6-2-4-10-5-3-6/h6,10H,2-5H2,1H3,(H3,8,9). The maximum absolute atomic E-state index is 7.22. The number of guanidine groups is 1. The van der Waals surface area contributed by atoms with Gasteiger partial charge in [-0.3, -0.25) is 5.41 Å². The Morgan fingerprint density at radius 1 is 1.55 bits per heavy atom. The first-order valence-electron chi connectivity index (χ1n) is 3.99. The lowest BCUT2D eigenvalue weighted by atomic mass is 10.1. The van der Waals surface area contributed by atoms with Crippen molar-refractivity contribution in [3.05, 3.63) is 0 Å². The summed E-state index contributed by atoms with van der Waals surface area (Å²) in [5.74, 6) is 0.178. The van der Waals surface area contributed by atoms with Crippen LogP contribution in [0.25, 0.3) is 0 Å². The largest absolute Gasteiger partial charge is 0.370 e. The van der Waals surface area contributed by atoms with Crippen LogP contribution >= 0.6 is 0 Å². The number of nitrogens with one attached hydrogen (secondary N) is 2. The van der Waals surface area contributed by atoms with Gasteiger partial charge >= 0.3 is 0 Å². The van der Waals surface area contributed by atoms with Crippen molar-refractivity contribution >= 4 is 5.96 Å². The van der Waals surface area contributed by atoms with E-state index in [1.54, 1.807) is 0 Å². The normalized spacial score (nSPS) is 19.7. The Balaban J connectivity index is 2.38. The molecule has 4 heteroatoms. The minimum Gasteiger partial charge on any atom is -0.370 e. The average molecular weight is 156 g/mol. The topological polar surface area (TPSA) is 65.1 Å². The van der Waals surface area contributed by atoms with Gasteiger partial charge in [0.25, 0.3) is 0 Å². The summed E-state index contributed by atoms with van der Waals surface area (Å²) in [6.07, 6.45) is 2.19. The van der Waals surface area contributed by atoms with Gasteiger partial charge in [-0.2, -0.15) is 0 Å². The van der Waals surface area contributed by atoms with Crippen LogP contribution in [0.2, 0.25) is 0 Å². The number of nitrogens with two attached hydrogens (primary N) is 1. The molecular weight excluding hydrogens is 140 g/mol. The van der Waals surface area contributed by atoms with Crippen LogP contribution in [0.1, 0.15) is 12.8 Å². The van der Waals surface area contributed by atoms with E-state index in [2.05, 4.69) is 5.32 Å². The van der Waals surface area contributed by atoms with Gasteiger partial charge in [0, 0.05) is 13.1 Å². The number of hydrogen-bond acceptors (Lipinski definition) is 2. The second-order valence-corrected chi connectivity index (χ2v) is 2.98. The van der Waals surface area contributed by atoms with E-state index in [1.807, 2.05) is 11.9 Å². The van der Waals surface area contributed by atoms with Gasteiger partial charge in [0.1, 0.15) is 0 Å². The highest BCUT2D eigenvalue weighted by Crippen LogP contribution is 2.08. The maximum atomic E-state index is 7.22. The second kappa shape index (κ2) is 3.57. The van der Waals surface area contributed by atoms with Crippen molar-refractivity contribution in [1.82, 2.24) is 10.2 Å². The van der Waals surface area contributed by atoms with Gasteiger partial charge < -0.3 is 16.0 Å². The van der Waals surface area contributed by atoms with Crippen molar-refractivity contribution < 1.29 is 0 Å². The fourth-order valence-electron chi connectivity index (χ4n) is 1.39. The van der Waals surface area contributed by atoms with Crippen molar-refractivity contribution in [3.63, 3.8) is 0 Å². The number of rotatable bonds is 1. The van der Waals surface area contributed by atoms with Crippen molar-refractivity contribution in [2.45, 2.75) is 18.9 Å². The van der Waals surface area contributed by atoms with Gasteiger partial charge in [0.2, 0.25) is 0 Å². The third-order valence-corrected chi connectivity index (χ3v) is 2.24. The summed E-state index contributed by atoms with van der Waals surface area (Å²) in [6, 6.07) is 0.466. The molecule has 0 aromatic heterocycles. The molecule has 0 saturated carbocycles. The van der Waals surface area contributed by atoms with Crippen LogP contribution in [0.3, 0.4) is 0 Å². The maximum Gasteiger partial charge on any atom is 0.188 e. The summed E-state index contributed by atoms with van der Waals surface area (Å²) in [5, 5.41) is 10.5. The van der Waals surface area contributed by atoms with Crippen LogP contribution in [0.5, 0.6) is 0 Å². The first kappa shape index (κ1) is 8.33. The Hall–Kier alpha value is -0.770. The predicted molar refractivity (Wildman–Crippen MR) is 45.6 cm³/mol. The fraction of sp³-hybridized carbons (Fsp3) is 0.857. The molecule has 1 aliphatic heterocycles. The van der Waals surface area contributed by atoms with Gasteiger partial charge in [0.05, 0.1) is 0 Å². The zero-order valence-corrected chi connectivity index (χ0v) is 6.93. The molecule has 0 amide bonds. The molecule has 0 aliphatic carbocycles. The molecule has 0 spiro atoms. The quantitative estimate of drug-likeness (QED) is 0.356. The molecule has 4 nitrogen and oxygen atoms in total. The minimum atomic E-state index is 0.178. The third kappa shape index (κ3) is 2.08. The molecule has 64 valence electrons. The van der Waals surface area contributed by atoms with Crippen LogP contribution in [0.4, 0.5) is 0 Å². The Morgan fingerprint density at radius 3 is 2.55 bits per heavy atom. The van der Waals surface area contributed by atoms with Crippen molar-refractivity contribution in [2.24, 2.45) is 5.73 Å². The fourth-order valence-corrected chi connectivity index (χ4v) is 1.39. The smallest absolute Gasteiger partial charge is 0.188 e. The number of nitrogens with zero attached hydrogens (tertiary/aromatic N) is 1. The third-order valence-electron chi connectivity index (χ3n) is 2.24. The van der Waals surface area contributed by atoms with E-state index >= 15 is 0 Å². The molecule has 0 unspecified atom stereocenters. The van der Waals surface area contributed by atoms with E-state index < -0.39 is 0 Å². The van der Waals surface area contributed by atoms with Crippen LogP contribution in [0.15, 0.2) is 0 Å². The Bertz CT molecular complexity index is 139. The summed E-state index contributed by atoms with van der Waals surface area (Å²) in [7, 11) is 1.89. The first-order chi connectivity index (χ1) is 5.22. The molecule has 1 heterocycles. The highest BCUT2D eigenvalue weighted by Gasteiger charge is 2.17. The Labute approximate surface area is 67.3 Å². The molecule has 0 bridgehead atoms. The minimum absolute atomic E-state index is 0.178. The van der Waals surface area contributed by atoms with Crippen LogP contribution in [-0.2, 0) is 0 Å². The molecule has 4 N–H and O–H groups in total. The van der Waals surface area contributed by atoms with Crippen molar-refractivity contribution in [2.75, 3.05) is 20.1 Å². The van der Waals surface area contributed by atoms with Crippen LogP contribution in [0, 0.1) is 5.41 Å². The van der Waals surface area contributed by atoms with Crippen molar-refractivity contribution in [1.29, 1.82) is 5.41 Å². The molecule has 11 heavy (non-hydrogen) atoms. The van der Waals surface area contributed by atoms with E-state index in [1.165, 1.54) is 0 Å². The lowest BCUT2D eigenvalue weighted by Crippen LogP contribution is -2.46. The van der Waals surface area contributed by atoms with Gasteiger partial charge in [-0.25, -0.2) is 0 Å². The Kier molecular flexibility index (Phi) is 2.70. The molecule has 1 fully saturated rings. The zero-order valence-electron chi connectivity index (χ0n) is 6.93. The lowest BCUT2D eigenvalue weighted by molar-refractivity contribution is 0.286. The van der Waals surface area contributed by atoms with Gasteiger partial charge in [-0.1, -0.05) is 0 Å². The summed E-state index contributed by atoms with van der Waals surface area (Å²) >= 11 is 0. The van der Waals surface area contributed by atoms with Gasteiger partial charge in [-0.05, 0) is 25.9 Å². The zero-order chi connectivity index (χ0) is 8.27.